The molecule has 0 saturated carbocycles. The highest BCUT2D eigenvalue weighted by molar-refractivity contribution is 5.78. The first-order chi connectivity index (χ1) is 11.0. The molecule has 0 saturated heterocycles. The van der Waals surface area contributed by atoms with E-state index in [4.69, 9.17) is 5.73 Å². The number of carbonyl (C=O) groups excluding carboxylic acids is 1. The van der Waals surface area contributed by atoms with Gasteiger partial charge in [-0.05, 0) is 35.1 Å². The van der Waals surface area contributed by atoms with Crippen LogP contribution in [0.1, 0.15) is 48.1 Å². The van der Waals surface area contributed by atoms with Gasteiger partial charge < -0.3 is 11.1 Å². The van der Waals surface area contributed by atoms with Crippen LogP contribution in [0.15, 0.2) is 48.5 Å². The average Bonchev–Trinajstić information content (AvgIpc) is 2.55. The van der Waals surface area contributed by atoms with Crippen molar-refractivity contribution in [3.8, 4) is 0 Å². The summed E-state index contributed by atoms with van der Waals surface area (Å²) < 4.78 is 0. The number of nitrogens with one attached hydrogen (secondary N) is 1. The van der Waals surface area contributed by atoms with Crippen LogP contribution < -0.4 is 11.1 Å². The highest BCUT2D eigenvalue weighted by Gasteiger charge is 2.10. The lowest BCUT2D eigenvalue weighted by molar-refractivity contribution is -0.120. The molecular formula is C20H26N2O. The lowest BCUT2D eigenvalue weighted by atomic mass is 9.99. The van der Waals surface area contributed by atoms with Crippen molar-refractivity contribution in [2.75, 3.05) is 6.54 Å². The number of hydrogen-bond donors (Lipinski definition) is 2. The number of hydrogen-bond acceptors (Lipinski definition) is 2. The molecule has 122 valence electrons. The molecule has 1 amide bonds. The van der Waals surface area contributed by atoms with Crippen molar-refractivity contribution in [2.45, 2.75) is 39.2 Å². The molecule has 2 rings (SSSR count). The van der Waals surface area contributed by atoms with E-state index < -0.39 is 0 Å². The molecule has 3 heteroatoms. The highest BCUT2D eigenvalue weighted by Crippen LogP contribution is 2.17. The average molecular weight is 310 g/mol. The van der Waals surface area contributed by atoms with E-state index in [2.05, 4.69) is 31.3 Å². The summed E-state index contributed by atoms with van der Waals surface area (Å²) in [5, 5.41) is 2.93. The number of nitrogens with two attached hydrogens (primary N) is 1. The molecule has 0 bridgehead atoms. The van der Waals surface area contributed by atoms with Crippen LogP contribution in [0.4, 0.5) is 0 Å². The van der Waals surface area contributed by atoms with E-state index in [1.165, 1.54) is 5.56 Å². The van der Waals surface area contributed by atoms with Gasteiger partial charge in [-0.3, -0.25) is 4.79 Å². The van der Waals surface area contributed by atoms with Gasteiger partial charge in [-0.25, -0.2) is 0 Å². The van der Waals surface area contributed by atoms with Crippen LogP contribution in [0.3, 0.4) is 0 Å². The summed E-state index contributed by atoms with van der Waals surface area (Å²) >= 11 is 0. The maximum absolute atomic E-state index is 12.1. The van der Waals surface area contributed by atoms with E-state index >= 15 is 0 Å². The molecule has 0 heterocycles. The van der Waals surface area contributed by atoms with Gasteiger partial charge in [0.05, 0.1) is 6.42 Å². The third kappa shape index (κ3) is 4.93. The third-order valence-corrected chi connectivity index (χ3v) is 4.16. The van der Waals surface area contributed by atoms with Gasteiger partial charge in [-0.1, -0.05) is 62.4 Å². The summed E-state index contributed by atoms with van der Waals surface area (Å²) in [7, 11) is 0. The number of aryl methyl sites for hydroxylation is 1. The Bertz CT molecular complexity index is 647. The van der Waals surface area contributed by atoms with E-state index in [-0.39, 0.29) is 11.9 Å². The second-order valence-electron chi connectivity index (χ2n) is 6.34. The SMILES string of the molecule is Cc1ccccc1CC(=O)NCC(N)c1ccc(C(C)C)cc1. The van der Waals surface area contributed by atoms with Gasteiger partial charge in [-0.2, -0.15) is 0 Å². The number of carbonyl (C=O) groups is 1. The van der Waals surface area contributed by atoms with Crippen LogP contribution in [0.5, 0.6) is 0 Å². The molecule has 0 aliphatic rings. The Morgan fingerprint density at radius 1 is 1.04 bits per heavy atom. The van der Waals surface area contributed by atoms with E-state index in [1.54, 1.807) is 0 Å². The number of rotatable bonds is 6. The fourth-order valence-electron chi connectivity index (χ4n) is 2.51. The summed E-state index contributed by atoms with van der Waals surface area (Å²) in [6, 6.07) is 16.1. The third-order valence-electron chi connectivity index (χ3n) is 4.16. The Kier molecular flexibility index (Phi) is 5.94. The summed E-state index contributed by atoms with van der Waals surface area (Å²) in [5.41, 5.74) is 10.7. The van der Waals surface area contributed by atoms with Crippen molar-refractivity contribution >= 4 is 5.91 Å². The summed E-state index contributed by atoms with van der Waals surface area (Å²) in [5.74, 6) is 0.516. The van der Waals surface area contributed by atoms with Gasteiger partial charge in [0, 0.05) is 12.6 Å². The molecule has 0 fully saturated rings. The van der Waals surface area contributed by atoms with Gasteiger partial charge in [0.25, 0.3) is 0 Å². The predicted octanol–water partition coefficient (Wildman–Crippen LogP) is 3.48. The van der Waals surface area contributed by atoms with Crippen molar-refractivity contribution in [1.82, 2.24) is 5.32 Å². The maximum atomic E-state index is 12.1. The van der Waals surface area contributed by atoms with Crippen molar-refractivity contribution in [2.24, 2.45) is 5.73 Å². The largest absolute Gasteiger partial charge is 0.354 e. The topological polar surface area (TPSA) is 55.1 Å². The van der Waals surface area contributed by atoms with E-state index in [0.29, 0.717) is 18.9 Å². The van der Waals surface area contributed by atoms with Gasteiger partial charge >= 0.3 is 0 Å². The van der Waals surface area contributed by atoms with Gasteiger partial charge in [-0.15, -0.1) is 0 Å². The van der Waals surface area contributed by atoms with E-state index in [1.807, 2.05) is 43.3 Å². The van der Waals surface area contributed by atoms with Crippen molar-refractivity contribution in [3.05, 3.63) is 70.8 Å². The molecule has 2 aromatic rings. The minimum atomic E-state index is -0.183. The first-order valence-electron chi connectivity index (χ1n) is 8.14. The Morgan fingerprint density at radius 3 is 2.26 bits per heavy atom. The Hall–Kier alpha value is -2.13. The molecule has 0 aromatic heterocycles. The van der Waals surface area contributed by atoms with Crippen molar-refractivity contribution in [1.29, 1.82) is 0 Å². The molecule has 1 atom stereocenters. The minimum Gasteiger partial charge on any atom is -0.354 e. The van der Waals surface area contributed by atoms with Crippen LogP contribution in [0.2, 0.25) is 0 Å². The van der Waals surface area contributed by atoms with E-state index in [9.17, 15) is 4.79 Å². The first kappa shape index (κ1) is 17.2. The van der Waals surface area contributed by atoms with Crippen molar-refractivity contribution < 1.29 is 4.79 Å². The number of amides is 1. The summed E-state index contributed by atoms with van der Waals surface area (Å²) in [4.78, 5) is 12.1. The Labute approximate surface area is 138 Å². The fourth-order valence-corrected chi connectivity index (χ4v) is 2.51. The smallest absolute Gasteiger partial charge is 0.224 e. The lowest BCUT2D eigenvalue weighted by Gasteiger charge is -2.15. The summed E-state index contributed by atoms with van der Waals surface area (Å²) in [6.45, 7) is 6.80. The maximum Gasteiger partial charge on any atom is 0.224 e. The second-order valence-corrected chi connectivity index (χ2v) is 6.34. The molecule has 2 aromatic carbocycles. The van der Waals surface area contributed by atoms with Crippen LogP contribution >= 0.6 is 0 Å². The van der Waals surface area contributed by atoms with E-state index in [0.717, 1.165) is 16.7 Å². The van der Waals surface area contributed by atoms with Crippen LogP contribution in [0.25, 0.3) is 0 Å². The quantitative estimate of drug-likeness (QED) is 0.858. The molecular weight excluding hydrogens is 284 g/mol. The molecule has 3 N–H and O–H groups in total. The predicted molar refractivity (Wildman–Crippen MR) is 95.4 cm³/mol. The number of benzene rings is 2. The monoisotopic (exact) mass is 310 g/mol. The van der Waals surface area contributed by atoms with Crippen LogP contribution in [-0.4, -0.2) is 12.5 Å². The highest BCUT2D eigenvalue weighted by atomic mass is 16.1. The molecule has 0 spiro atoms. The summed E-state index contributed by atoms with van der Waals surface area (Å²) in [6.07, 6.45) is 0.395. The molecule has 0 aliphatic heterocycles. The Morgan fingerprint density at radius 2 is 1.65 bits per heavy atom. The second kappa shape index (κ2) is 7.93. The van der Waals surface area contributed by atoms with Crippen molar-refractivity contribution in [3.63, 3.8) is 0 Å². The molecule has 23 heavy (non-hydrogen) atoms. The fraction of sp³-hybridized carbons (Fsp3) is 0.350. The standard InChI is InChI=1S/C20H26N2O/c1-14(2)16-8-10-17(11-9-16)19(21)13-22-20(23)12-18-7-5-4-6-15(18)3/h4-11,14,19H,12-13,21H2,1-3H3,(H,22,23). The minimum absolute atomic E-state index is 0.00792. The van der Waals surface area contributed by atoms with Gasteiger partial charge in [0.2, 0.25) is 5.91 Å². The first-order valence-corrected chi connectivity index (χ1v) is 8.14. The van der Waals surface area contributed by atoms with Crippen LogP contribution in [0, 0.1) is 6.92 Å². The molecule has 3 nitrogen and oxygen atoms in total. The lowest BCUT2D eigenvalue weighted by Crippen LogP contribution is -2.33. The molecule has 0 aliphatic carbocycles. The van der Waals surface area contributed by atoms with Crippen LogP contribution in [-0.2, 0) is 11.2 Å². The zero-order chi connectivity index (χ0) is 16.8. The normalized spacial score (nSPS) is 12.2. The zero-order valence-electron chi connectivity index (χ0n) is 14.2. The van der Waals surface area contributed by atoms with Gasteiger partial charge in [0.1, 0.15) is 0 Å². The molecule has 0 radical (unpaired) electrons. The van der Waals surface area contributed by atoms with Gasteiger partial charge in [0.15, 0.2) is 0 Å². The zero-order valence-corrected chi connectivity index (χ0v) is 14.2. The Balaban J connectivity index is 1.87. The molecule has 1 unspecified atom stereocenters.